The molecule has 3 rings (SSSR count). The van der Waals surface area contributed by atoms with Crippen molar-refractivity contribution in [3.8, 4) is 6.07 Å². The summed E-state index contributed by atoms with van der Waals surface area (Å²) in [5.41, 5.74) is 0.977. The summed E-state index contributed by atoms with van der Waals surface area (Å²) in [6, 6.07) is 5.66. The summed E-state index contributed by atoms with van der Waals surface area (Å²) in [6.45, 7) is 2.51. The van der Waals surface area contributed by atoms with Gasteiger partial charge in [0.05, 0.1) is 5.56 Å². The van der Waals surface area contributed by atoms with Crippen LogP contribution in [0.5, 0.6) is 0 Å². The molecule has 1 aromatic heterocycles. The largest absolute Gasteiger partial charge is 0.354 e. The molecule has 0 aromatic carbocycles. The first-order valence-corrected chi connectivity index (χ1v) is 8.33. The number of aromatic nitrogens is 1. The summed E-state index contributed by atoms with van der Waals surface area (Å²) in [7, 11) is 1.57. The van der Waals surface area contributed by atoms with E-state index in [1.165, 1.54) is 5.01 Å². The van der Waals surface area contributed by atoms with Gasteiger partial charge in [0, 0.05) is 52.3 Å². The van der Waals surface area contributed by atoms with E-state index in [1.807, 2.05) is 4.90 Å². The molecule has 1 fully saturated rings. The lowest BCUT2D eigenvalue weighted by Crippen LogP contribution is -2.42. The molecule has 3 heterocycles. The average molecular weight is 340 g/mol. The lowest BCUT2D eigenvalue weighted by Gasteiger charge is -2.25. The Kier molecular flexibility index (Phi) is 4.93. The Hall–Kier alpha value is -2.95. The van der Waals surface area contributed by atoms with E-state index in [2.05, 4.69) is 16.2 Å². The monoisotopic (exact) mass is 340 g/mol. The first-order valence-electron chi connectivity index (χ1n) is 8.33. The average Bonchev–Trinajstić information content (AvgIpc) is 2.89. The Morgan fingerprint density at radius 1 is 1.24 bits per heavy atom. The molecule has 0 aliphatic carbocycles. The fourth-order valence-corrected chi connectivity index (χ4v) is 3.07. The molecule has 8 heteroatoms. The van der Waals surface area contributed by atoms with Crippen LogP contribution in [-0.2, 0) is 9.59 Å². The Morgan fingerprint density at radius 2 is 2.08 bits per heavy atom. The number of hydrogen-bond donors (Lipinski definition) is 0. The Labute approximate surface area is 146 Å². The summed E-state index contributed by atoms with van der Waals surface area (Å²) < 4.78 is 0. The molecule has 1 saturated heterocycles. The van der Waals surface area contributed by atoms with Crippen LogP contribution in [0, 0.1) is 11.3 Å². The van der Waals surface area contributed by atoms with Gasteiger partial charge in [-0.1, -0.05) is 0 Å². The maximum Gasteiger partial charge on any atom is 0.270 e. The van der Waals surface area contributed by atoms with Crippen molar-refractivity contribution in [3.63, 3.8) is 0 Å². The number of anilines is 1. The number of nitriles is 1. The standard InChI is InChI=1S/C17H20N6O2/c1-21-15(24)6-5-14(20-21)17(25)23-9-3-8-22(10-11-23)16-13(12-18)4-2-7-19-16/h2,4,7H,3,5-6,8-11H2,1H3. The normalized spacial score (nSPS) is 18.5. The van der Waals surface area contributed by atoms with E-state index in [-0.39, 0.29) is 11.8 Å². The van der Waals surface area contributed by atoms with E-state index in [0.717, 1.165) is 13.0 Å². The number of amides is 2. The zero-order valence-corrected chi connectivity index (χ0v) is 14.2. The molecule has 2 amide bonds. The Balaban J connectivity index is 1.70. The fraction of sp³-hybridized carbons (Fsp3) is 0.471. The molecule has 0 saturated carbocycles. The third-order valence-corrected chi connectivity index (χ3v) is 4.44. The highest BCUT2D eigenvalue weighted by atomic mass is 16.2. The quantitative estimate of drug-likeness (QED) is 0.786. The Bertz CT molecular complexity index is 754. The van der Waals surface area contributed by atoms with Gasteiger partial charge in [0.25, 0.3) is 5.91 Å². The van der Waals surface area contributed by atoms with Crippen molar-refractivity contribution in [3.05, 3.63) is 23.9 Å². The number of hydrazone groups is 1. The second kappa shape index (κ2) is 7.30. The van der Waals surface area contributed by atoms with Gasteiger partial charge < -0.3 is 9.80 Å². The third kappa shape index (κ3) is 3.60. The van der Waals surface area contributed by atoms with Gasteiger partial charge in [-0.25, -0.2) is 9.99 Å². The van der Waals surface area contributed by atoms with Crippen molar-refractivity contribution >= 4 is 23.3 Å². The number of carbonyl (C=O) groups is 2. The molecule has 2 aliphatic heterocycles. The van der Waals surface area contributed by atoms with Crippen LogP contribution >= 0.6 is 0 Å². The van der Waals surface area contributed by atoms with Crippen LogP contribution < -0.4 is 4.90 Å². The fourth-order valence-electron chi connectivity index (χ4n) is 3.07. The first-order chi connectivity index (χ1) is 12.1. The lowest BCUT2D eigenvalue weighted by molar-refractivity contribution is -0.130. The van der Waals surface area contributed by atoms with Gasteiger partial charge in [-0.2, -0.15) is 10.4 Å². The van der Waals surface area contributed by atoms with Gasteiger partial charge in [0.15, 0.2) is 0 Å². The van der Waals surface area contributed by atoms with Gasteiger partial charge in [0.2, 0.25) is 5.91 Å². The summed E-state index contributed by atoms with van der Waals surface area (Å²) in [5, 5.41) is 14.6. The molecule has 0 bridgehead atoms. The molecule has 0 radical (unpaired) electrons. The molecular formula is C17H20N6O2. The van der Waals surface area contributed by atoms with Crippen LogP contribution in [0.1, 0.15) is 24.8 Å². The molecule has 0 atom stereocenters. The van der Waals surface area contributed by atoms with E-state index < -0.39 is 0 Å². The molecule has 25 heavy (non-hydrogen) atoms. The zero-order chi connectivity index (χ0) is 17.8. The van der Waals surface area contributed by atoms with E-state index >= 15 is 0 Å². The van der Waals surface area contributed by atoms with Gasteiger partial charge >= 0.3 is 0 Å². The van der Waals surface area contributed by atoms with Gasteiger partial charge in [0.1, 0.15) is 17.6 Å². The van der Waals surface area contributed by atoms with E-state index in [1.54, 1.807) is 30.3 Å². The predicted molar refractivity (Wildman–Crippen MR) is 91.8 cm³/mol. The maximum absolute atomic E-state index is 12.7. The van der Waals surface area contributed by atoms with E-state index in [0.29, 0.717) is 49.6 Å². The minimum Gasteiger partial charge on any atom is -0.354 e. The maximum atomic E-state index is 12.7. The molecular weight excluding hydrogens is 320 g/mol. The summed E-state index contributed by atoms with van der Waals surface area (Å²) >= 11 is 0. The summed E-state index contributed by atoms with van der Waals surface area (Å²) in [5.74, 6) is 0.486. The van der Waals surface area contributed by atoms with Crippen LogP contribution in [0.2, 0.25) is 0 Å². The zero-order valence-electron chi connectivity index (χ0n) is 14.2. The molecule has 0 spiro atoms. The van der Waals surface area contributed by atoms with Crippen molar-refractivity contribution in [2.75, 3.05) is 38.1 Å². The van der Waals surface area contributed by atoms with Crippen LogP contribution in [0.4, 0.5) is 5.82 Å². The molecule has 2 aliphatic rings. The smallest absolute Gasteiger partial charge is 0.270 e. The highest BCUT2D eigenvalue weighted by molar-refractivity contribution is 6.39. The van der Waals surface area contributed by atoms with Crippen molar-refractivity contribution in [1.29, 1.82) is 5.26 Å². The van der Waals surface area contributed by atoms with Crippen molar-refractivity contribution in [2.24, 2.45) is 5.10 Å². The minimum atomic E-state index is -0.109. The van der Waals surface area contributed by atoms with Crippen LogP contribution in [-0.4, -0.2) is 65.6 Å². The number of nitrogens with zero attached hydrogens (tertiary/aromatic N) is 6. The molecule has 0 unspecified atom stereocenters. The highest BCUT2D eigenvalue weighted by Gasteiger charge is 2.27. The van der Waals surface area contributed by atoms with Gasteiger partial charge in [-0.05, 0) is 18.6 Å². The summed E-state index contributed by atoms with van der Waals surface area (Å²) in [4.78, 5) is 32.3. The lowest BCUT2D eigenvalue weighted by atomic mass is 10.1. The number of hydrogen-bond acceptors (Lipinski definition) is 6. The first kappa shape index (κ1) is 16.9. The van der Waals surface area contributed by atoms with Crippen molar-refractivity contribution in [2.45, 2.75) is 19.3 Å². The highest BCUT2D eigenvalue weighted by Crippen LogP contribution is 2.19. The SMILES string of the molecule is CN1N=C(C(=O)N2CCCN(c3ncccc3C#N)CC2)CCC1=O. The minimum absolute atomic E-state index is 0.0715. The van der Waals surface area contributed by atoms with Crippen LogP contribution in [0.25, 0.3) is 0 Å². The molecule has 0 N–H and O–H groups in total. The second-order valence-electron chi connectivity index (χ2n) is 6.08. The molecule has 8 nitrogen and oxygen atoms in total. The summed E-state index contributed by atoms with van der Waals surface area (Å²) in [6.07, 6.45) is 3.17. The van der Waals surface area contributed by atoms with E-state index in [9.17, 15) is 14.9 Å². The number of pyridine rings is 1. The van der Waals surface area contributed by atoms with Crippen LogP contribution in [0.3, 0.4) is 0 Å². The van der Waals surface area contributed by atoms with Crippen molar-refractivity contribution < 1.29 is 9.59 Å². The topological polar surface area (TPSA) is 92.9 Å². The third-order valence-electron chi connectivity index (χ3n) is 4.44. The van der Waals surface area contributed by atoms with Crippen molar-refractivity contribution in [1.82, 2.24) is 14.9 Å². The molecule has 1 aromatic rings. The second-order valence-corrected chi connectivity index (χ2v) is 6.08. The number of carbonyl (C=O) groups excluding carboxylic acids is 2. The van der Waals surface area contributed by atoms with E-state index in [4.69, 9.17) is 0 Å². The Morgan fingerprint density at radius 3 is 2.84 bits per heavy atom. The number of rotatable bonds is 2. The van der Waals surface area contributed by atoms with Gasteiger partial charge in [-0.3, -0.25) is 9.59 Å². The van der Waals surface area contributed by atoms with Gasteiger partial charge in [-0.15, -0.1) is 0 Å². The predicted octanol–water partition coefficient (Wildman–Crippen LogP) is 0.600. The molecule has 130 valence electrons. The van der Waals surface area contributed by atoms with Crippen LogP contribution in [0.15, 0.2) is 23.4 Å².